The molecular weight excluding hydrogens is 336 g/mol. The third-order valence-corrected chi connectivity index (χ3v) is 4.71. The number of hydrogen-bond donors (Lipinski definition) is 1. The molecule has 0 aliphatic carbocycles. The van der Waals surface area contributed by atoms with Crippen LogP contribution in [0.1, 0.15) is 18.9 Å². The number of nitrogens with one attached hydrogen (secondary N) is 1. The van der Waals surface area contributed by atoms with Crippen molar-refractivity contribution in [1.82, 2.24) is 9.80 Å². The fraction of sp³-hybridized carbons (Fsp3) is 0.350. The Morgan fingerprint density at radius 2 is 2.00 bits per heavy atom. The summed E-state index contributed by atoms with van der Waals surface area (Å²) in [5.74, 6) is -1.23. The van der Waals surface area contributed by atoms with Crippen LogP contribution in [0.5, 0.6) is 0 Å². The number of urea groups is 1. The van der Waals surface area contributed by atoms with Gasteiger partial charge in [-0.25, -0.2) is 13.6 Å². The number of nitrogens with zero attached hydrogens (tertiary/aromatic N) is 2. The third kappa shape index (κ3) is 4.38. The summed E-state index contributed by atoms with van der Waals surface area (Å²) in [7, 11) is 0. The predicted molar refractivity (Wildman–Crippen MR) is 97.9 cm³/mol. The maximum atomic E-state index is 13.8. The summed E-state index contributed by atoms with van der Waals surface area (Å²) in [5.41, 5.74) is 1.11. The number of hydrogen-bond acceptors (Lipinski definition) is 2. The second-order valence-electron chi connectivity index (χ2n) is 6.50. The first-order valence-corrected chi connectivity index (χ1v) is 8.85. The number of likely N-dealkylation sites (N-methyl/N-ethyl adjacent to an activating group) is 1. The predicted octanol–water partition coefficient (Wildman–Crippen LogP) is 4.09. The monoisotopic (exact) mass is 359 g/mol. The summed E-state index contributed by atoms with van der Waals surface area (Å²) in [5, 5.41) is 2.50. The zero-order valence-electron chi connectivity index (χ0n) is 14.8. The summed E-state index contributed by atoms with van der Waals surface area (Å²) < 4.78 is 27.1. The summed E-state index contributed by atoms with van der Waals surface area (Å²) in [4.78, 5) is 16.6. The Morgan fingerprint density at radius 1 is 1.23 bits per heavy atom. The van der Waals surface area contributed by atoms with Gasteiger partial charge in [-0.1, -0.05) is 30.3 Å². The fourth-order valence-corrected chi connectivity index (χ4v) is 3.40. The van der Waals surface area contributed by atoms with Crippen molar-refractivity contribution in [3.05, 3.63) is 65.7 Å². The summed E-state index contributed by atoms with van der Waals surface area (Å²) in [6, 6.07) is 12.9. The average molecular weight is 359 g/mol. The molecule has 6 heteroatoms. The van der Waals surface area contributed by atoms with Gasteiger partial charge in [0.1, 0.15) is 11.6 Å². The van der Waals surface area contributed by atoms with Gasteiger partial charge >= 0.3 is 6.03 Å². The highest BCUT2D eigenvalue weighted by molar-refractivity contribution is 5.89. The van der Waals surface area contributed by atoms with Gasteiger partial charge in [0, 0.05) is 38.3 Å². The van der Waals surface area contributed by atoms with Crippen LogP contribution in [0.2, 0.25) is 0 Å². The number of benzene rings is 2. The molecule has 1 aliphatic heterocycles. The number of likely N-dealkylation sites (tertiary alicyclic amines) is 1. The highest BCUT2D eigenvalue weighted by Crippen LogP contribution is 2.21. The number of halogens is 2. The Bertz CT molecular complexity index is 754. The van der Waals surface area contributed by atoms with E-state index in [1.54, 1.807) is 4.90 Å². The van der Waals surface area contributed by atoms with Crippen molar-refractivity contribution in [3.63, 3.8) is 0 Å². The lowest BCUT2D eigenvalue weighted by Gasteiger charge is -2.28. The van der Waals surface area contributed by atoms with Crippen molar-refractivity contribution in [2.45, 2.75) is 25.9 Å². The molecule has 138 valence electrons. The number of amides is 2. The molecule has 0 saturated carbocycles. The molecule has 1 atom stereocenters. The van der Waals surface area contributed by atoms with Gasteiger partial charge in [0.25, 0.3) is 0 Å². The SMILES string of the molecule is CCN(C(=O)Nc1cc(F)ccc1F)C1CCN(Cc2ccccc2)C1. The van der Waals surface area contributed by atoms with E-state index < -0.39 is 17.7 Å². The van der Waals surface area contributed by atoms with E-state index in [1.807, 2.05) is 25.1 Å². The minimum atomic E-state index is -0.645. The van der Waals surface area contributed by atoms with E-state index in [9.17, 15) is 13.6 Å². The minimum Gasteiger partial charge on any atom is -0.320 e. The van der Waals surface area contributed by atoms with Crippen molar-refractivity contribution in [3.8, 4) is 0 Å². The first kappa shape index (κ1) is 18.3. The Hall–Kier alpha value is -2.47. The highest BCUT2D eigenvalue weighted by atomic mass is 19.1. The molecule has 1 fully saturated rings. The van der Waals surface area contributed by atoms with Crippen LogP contribution in [0.3, 0.4) is 0 Å². The molecule has 0 spiro atoms. The maximum Gasteiger partial charge on any atom is 0.322 e. The van der Waals surface area contributed by atoms with Crippen LogP contribution in [0, 0.1) is 11.6 Å². The number of rotatable bonds is 5. The van der Waals surface area contributed by atoms with Gasteiger partial charge in [-0.05, 0) is 31.0 Å². The Morgan fingerprint density at radius 3 is 2.73 bits per heavy atom. The van der Waals surface area contributed by atoms with Crippen molar-refractivity contribution in [2.75, 3.05) is 25.0 Å². The van der Waals surface area contributed by atoms with Crippen LogP contribution in [0.4, 0.5) is 19.3 Å². The van der Waals surface area contributed by atoms with Crippen LogP contribution >= 0.6 is 0 Å². The Balaban J connectivity index is 1.61. The minimum absolute atomic E-state index is 0.0559. The molecule has 2 amide bonds. The van der Waals surface area contributed by atoms with Gasteiger partial charge in [0.2, 0.25) is 0 Å². The van der Waals surface area contributed by atoms with Crippen LogP contribution in [0.15, 0.2) is 48.5 Å². The van der Waals surface area contributed by atoms with Crippen molar-refractivity contribution in [2.24, 2.45) is 0 Å². The van der Waals surface area contributed by atoms with Crippen LogP contribution in [-0.4, -0.2) is 41.5 Å². The zero-order valence-corrected chi connectivity index (χ0v) is 14.8. The standard InChI is InChI=1S/C20H23F2N3O/c1-2-25(20(26)23-19-12-16(21)8-9-18(19)22)17-10-11-24(14-17)13-15-6-4-3-5-7-15/h3-9,12,17H,2,10-11,13-14H2,1H3,(H,23,26). The highest BCUT2D eigenvalue weighted by Gasteiger charge is 2.30. The van der Waals surface area contributed by atoms with Crippen LogP contribution in [0.25, 0.3) is 0 Å². The number of anilines is 1. The molecule has 1 N–H and O–H groups in total. The maximum absolute atomic E-state index is 13.8. The second kappa shape index (κ2) is 8.27. The van der Waals surface area contributed by atoms with E-state index in [2.05, 4.69) is 22.3 Å². The van der Waals surface area contributed by atoms with Crippen LogP contribution in [-0.2, 0) is 6.54 Å². The lowest BCUT2D eigenvalue weighted by atomic mass is 10.2. The van der Waals surface area contributed by atoms with Gasteiger partial charge < -0.3 is 10.2 Å². The molecule has 0 aromatic heterocycles. The van der Waals surface area contributed by atoms with Gasteiger partial charge in [-0.2, -0.15) is 0 Å². The van der Waals surface area contributed by atoms with Crippen molar-refractivity contribution < 1.29 is 13.6 Å². The molecule has 1 saturated heterocycles. The largest absolute Gasteiger partial charge is 0.322 e. The molecule has 1 heterocycles. The molecule has 4 nitrogen and oxygen atoms in total. The van der Waals surface area contributed by atoms with Gasteiger partial charge in [-0.3, -0.25) is 4.90 Å². The van der Waals surface area contributed by atoms with E-state index >= 15 is 0 Å². The third-order valence-electron chi connectivity index (χ3n) is 4.71. The normalized spacial score (nSPS) is 17.3. The quantitative estimate of drug-likeness (QED) is 0.873. The average Bonchev–Trinajstić information content (AvgIpc) is 3.08. The fourth-order valence-electron chi connectivity index (χ4n) is 3.40. The second-order valence-corrected chi connectivity index (χ2v) is 6.50. The topological polar surface area (TPSA) is 35.6 Å². The van der Waals surface area contributed by atoms with Crippen molar-refractivity contribution in [1.29, 1.82) is 0 Å². The molecule has 26 heavy (non-hydrogen) atoms. The summed E-state index contributed by atoms with van der Waals surface area (Å²) in [6.07, 6.45) is 0.861. The summed E-state index contributed by atoms with van der Waals surface area (Å²) >= 11 is 0. The van der Waals surface area contributed by atoms with E-state index in [0.717, 1.165) is 44.3 Å². The molecule has 0 radical (unpaired) electrons. The molecule has 2 aromatic carbocycles. The molecule has 2 aromatic rings. The molecule has 0 bridgehead atoms. The summed E-state index contributed by atoms with van der Waals surface area (Å²) in [6.45, 7) is 4.91. The van der Waals surface area contributed by atoms with E-state index in [1.165, 1.54) is 5.56 Å². The lowest BCUT2D eigenvalue weighted by Crippen LogP contribution is -2.44. The van der Waals surface area contributed by atoms with Gasteiger partial charge in [0.05, 0.1) is 5.69 Å². The molecule has 3 rings (SSSR count). The molecule has 1 aliphatic rings. The Kier molecular flexibility index (Phi) is 5.83. The van der Waals surface area contributed by atoms with Gasteiger partial charge in [-0.15, -0.1) is 0 Å². The Labute approximate surface area is 152 Å². The lowest BCUT2D eigenvalue weighted by molar-refractivity contribution is 0.189. The number of carbonyl (C=O) groups is 1. The first-order valence-electron chi connectivity index (χ1n) is 8.85. The van der Waals surface area contributed by atoms with E-state index in [4.69, 9.17) is 0 Å². The molecular formula is C20H23F2N3O. The smallest absolute Gasteiger partial charge is 0.320 e. The van der Waals surface area contributed by atoms with Gasteiger partial charge in [0.15, 0.2) is 0 Å². The first-order chi connectivity index (χ1) is 12.6. The number of carbonyl (C=O) groups excluding carboxylic acids is 1. The van der Waals surface area contributed by atoms with E-state index in [-0.39, 0.29) is 11.7 Å². The van der Waals surface area contributed by atoms with E-state index in [0.29, 0.717) is 6.54 Å². The van der Waals surface area contributed by atoms with Crippen molar-refractivity contribution >= 4 is 11.7 Å². The zero-order chi connectivity index (χ0) is 18.5. The molecule has 1 unspecified atom stereocenters. The van der Waals surface area contributed by atoms with Crippen LogP contribution < -0.4 is 5.32 Å².